The van der Waals surface area contributed by atoms with E-state index in [1.54, 1.807) is 0 Å². The average molecular weight is 295 g/mol. The molecule has 0 bridgehead atoms. The van der Waals surface area contributed by atoms with Gasteiger partial charge in [0.2, 0.25) is 0 Å². The van der Waals surface area contributed by atoms with E-state index in [1.165, 1.54) is 0 Å². The van der Waals surface area contributed by atoms with E-state index < -0.39 is 8.32 Å². The summed E-state index contributed by atoms with van der Waals surface area (Å²) >= 11 is 0. The molecule has 0 saturated carbocycles. The fraction of sp³-hybridized carbons (Fsp3) is 0.688. The number of nitrogens with one attached hydrogen (secondary N) is 1. The van der Waals surface area contributed by atoms with Crippen LogP contribution in [0.5, 0.6) is 0 Å². The van der Waals surface area contributed by atoms with Gasteiger partial charge in [0, 0.05) is 19.3 Å². The van der Waals surface area contributed by atoms with Crippen molar-refractivity contribution in [3.05, 3.63) is 30.1 Å². The van der Waals surface area contributed by atoms with Gasteiger partial charge in [-0.25, -0.2) is 0 Å². The number of aromatic nitrogens is 1. The van der Waals surface area contributed by atoms with Gasteiger partial charge in [0.25, 0.3) is 0 Å². The fourth-order valence-corrected chi connectivity index (χ4v) is 2.70. The molecule has 0 aromatic carbocycles. The molecular formula is C16H30N2OSi. The summed E-state index contributed by atoms with van der Waals surface area (Å²) in [6.07, 6.45) is 4.12. The molecule has 1 heterocycles. The minimum atomic E-state index is -1.56. The molecule has 1 N–H and O–H groups in total. The number of hydrogen-bond donors (Lipinski definition) is 1. The van der Waals surface area contributed by atoms with Gasteiger partial charge in [-0.15, -0.1) is 0 Å². The first kappa shape index (κ1) is 17.3. The van der Waals surface area contributed by atoms with E-state index in [-0.39, 0.29) is 0 Å². The Kier molecular flexibility index (Phi) is 6.86. The Morgan fingerprint density at radius 3 is 2.55 bits per heavy atom. The highest BCUT2D eigenvalue weighted by Gasteiger charge is 2.36. The van der Waals surface area contributed by atoms with Gasteiger partial charge < -0.3 is 9.74 Å². The molecule has 0 aliphatic heterocycles. The van der Waals surface area contributed by atoms with Crippen molar-refractivity contribution < 1.29 is 4.43 Å². The van der Waals surface area contributed by atoms with E-state index >= 15 is 0 Å². The van der Waals surface area contributed by atoms with Crippen molar-refractivity contribution in [2.24, 2.45) is 0 Å². The first-order chi connectivity index (χ1) is 9.33. The molecule has 4 heteroatoms. The van der Waals surface area contributed by atoms with Crippen molar-refractivity contribution in [2.75, 3.05) is 13.2 Å². The van der Waals surface area contributed by atoms with Crippen LogP contribution in [0.2, 0.25) is 18.1 Å². The van der Waals surface area contributed by atoms with Crippen LogP contribution >= 0.6 is 0 Å². The standard InChI is InChI=1S/C16H30N2OSi/c1-16(2,3)20(4,5)19-13-9-8-11-17-14-15-10-6-7-12-18-15/h6-7,10,12,17H,8-9,11,13-14H2,1-5H3. The largest absolute Gasteiger partial charge is 0.417 e. The van der Waals surface area contributed by atoms with Crippen LogP contribution in [0.25, 0.3) is 0 Å². The van der Waals surface area contributed by atoms with Crippen LogP contribution in [-0.4, -0.2) is 26.5 Å². The molecule has 114 valence electrons. The Balaban J connectivity index is 2.06. The monoisotopic (exact) mass is 294 g/mol. The van der Waals surface area contributed by atoms with Crippen LogP contribution in [0, 0.1) is 0 Å². The average Bonchev–Trinajstić information content (AvgIpc) is 2.37. The maximum absolute atomic E-state index is 6.16. The topological polar surface area (TPSA) is 34.1 Å². The second-order valence-electron chi connectivity index (χ2n) is 6.81. The predicted octanol–water partition coefficient (Wildman–Crippen LogP) is 3.97. The van der Waals surface area contributed by atoms with Crippen LogP contribution in [0.15, 0.2) is 24.4 Å². The first-order valence-electron chi connectivity index (χ1n) is 7.57. The van der Waals surface area contributed by atoms with Gasteiger partial charge in [-0.1, -0.05) is 26.8 Å². The van der Waals surface area contributed by atoms with E-state index in [1.807, 2.05) is 24.4 Å². The fourth-order valence-electron chi connectivity index (χ4n) is 1.62. The van der Waals surface area contributed by atoms with Crippen LogP contribution in [0.3, 0.4) is 0 Å². The Morgan fingerprint density at radius 1 is 1.20 bits per heavy atom. The van der Waals surface area contributed by atoms with Crippen LogP contribution < -0.4 is 5.32 Å². The lowest BCUT2D eigenvalue weighted by Crippen LogP contribution is -2.41. The summed E-state index contributed by atoms with van der Waals surface area (Å²) in [6.45, 7) is 14.2. The van der Waals surface area contributed by atoms with Crippen molar-refractivity contribution in [3.63, 3.8) is 0 Å². The zero-order chi connectivity index (χ0) is 15.1. The summed E-state index contributed by atoms with van der Waals surface area (Å²) in [6, 6.07) is 6.02. The molecule has 20 heavy (non-hydrogen) atoms. The zero-order valence-electron chi connectivity index (χ0n) is 13.7. The van der Waals surface area contributed by atoms with E-state index in [0.717, 1.165) is 38.2 Å². The van der Waals surface area contributed by atoms with Crippen molar-refractivity contribution in [2.45, 2.75) is 58.3 Å². The van der Waals surface area contributed by atoms with Gasteiger partial charge >= 0.3 is 0 Å². The molecule has 0 fully saturated rings. The maximum atomic E-state index is 6.16. The van der Waals surface area contributed by atoms with Gasteiger partial charge in [0.05, 0.1) is 5.69 Å². The molecule has 0 amide bonds. The van der Waals surface area contributed by atoms with Crippen molar-refractivity contribution >= 4 is 8.32 Å². The second-order valence-corrected chi connectivity index (χ2v) is 11.6. The highest BCUT2D eigenvalue weighted by molar-refractivity contribution is 6.74. The summed E-state index contributed by atoms with van der Waals surface area (Å²) < 4.78 is 6.16. The Labute approximate surface area is 125 Å². The molecule has 0 aliphatic rings. The van der Waals surface area contributed by atoms with Crippen molar-refractivity contribution in [1.82, 2.24) is 10.3 Å². The lowest BCUT2D eigenvalue weighted by Gasteiger charge is -2.36. The highest BCUT2D eigenvalue weighted by atomic mass is 28.4. The Morgan fingerprint density at radius 2 is 1.95 bits per heavy atom. The SMILES string of the molecule is CC(C)(C)[Si](C)(C)OCCCCNCc1ccccn1. The molecule has 1 aromatic rings. The van der Waals surface area contributed by atoms with E-state index in [2.05, 4.69) is 44.2 Å². The number of rotatable bonds is 8. The van der Waals surface area contributed by atoms with E-state index in [0.29, 0.717) is 5.04 Å². The third-order valence-corrected chi connectivity index (χ3v) is 8.59. The second kappa shape index (κ2) is 7.91. The smallest absolute Gasteiger partial charge is 0.191 e. The molecule has 0 saturated heterocycles. The van der Waals surface area contributed by atoms with Gasteiger partial charge in [0.1, 0.15) is 0 Å². The molecule has 0 spiro atoms. The van der Waals surface area contributed by atoms with Crippen LogP contribution in [-0.2, 0) is 11.0 Å². The first-order valence-corrected chi connectivity index (χ1v) is 10.5. The molecule has 0 radical (unpaired) electrons. The van der Waals surface area contributed by atoms with Gasteiger partial charge in [-0.2, -0.15) is 0 Å². The van der Waals surface area contributed by atoms with E-state index in [4.69, 9.17) is 4.43 Å². The third kappa shape index (κ3) is 6.16. The minimum Gasteiger partial charge on any atom is -0.417 e. The summed E-state index contributed by atoms with van der Waals surface area (Å²) in [5.41, 5.74) is 1.10. The third-order valence-electron chi connectivity index (χ3n) is 4.05. The summed E-state index contributed by atoms with van der Waals surface area (Å²) in [5, 5.41) is 3.73. The van der Waals surface area contributed by atoms with Crippen molar-refractivity contribution in [1.29, 1.82) is 0 Å². The van der Waals surface area contributed by atoms with Gasteiger partial charge in [-0.05, 0) is 49.7 Å². The van der Waals surface area contributed by atoms with Gasteiger partial charge in [0.15, 0.2) is 8.32 Å². The Hall–Kier alpha value is -0.713. The maximum Gasteiger partial charge on any atom is 0.191 e. The lowest BCUT2D eigenvalue weighted by atomic mass is 10.2. The lowest BCUT2D eigenvalue weighted by molar-refractivity contribution is 0.278. The van der Waals surface area contributed by atoms with E-state index in [9.17, 15) is 0 Å². The Bertz CT molecular complexity index is 374. The number of nitrogens with zero attached hydrogens (tertiary/aromatic N) is 1. The molecule has 1 rings (SSSR count). The molecular weight excluding hydrogens is 264 g/mol. The van der Waals surface area contributed by atoms with Crippen LogP contribution in [0.1, 0.15) is 39.3 Å². The zero-order valence-corrected chi connectivity index (χ0v) is 14.7. The quantitative estimate of drug-likeness (QED) is 0.582. The minimum absolute atomic E-state index is 0.310. The van der Waals surface area contributed by atoms with Crippen LogP contribution in [0.4, 0.5) is 0 Å². The molecule has 1 aromatic heterocycles. The summed E-state index contributed by atoms with van der Waals surface area (Å²) in [4.78, 5) is 4.29. The summed E-state index contributed by atoms with van der Waals surface area (Å²) in [5.74, 6) is 0. The molecule has 0 aliphatic carbocycles. The van der Waals surface area contributed by atoms with Crippen molar-refractivity contribution in [3.8, 4) is 0 Å². The molecule has 0 unspecified atom stereocenters. The molecule has 0 atom stereocenters. The highest BCUT2D eigenvalue weighted by Crippen LogP contribution is 2.36. The predicted molar refractivity (Wildman–Crippen MR) is 88.3 cm³/mol. The van der Waals surface area contributed by atoms with Gasteiger partial charge in [-0.3, -0.25) is 4.98 Å². The normalized spacial score (nSPS) is 12.7. The number of hydrogen-bond acceptors (Lipinski definition) is 3. The summed E-state index contributed by atoms with van der Waals surface area (Å²) in [7, 11) is -1.56. The molecule has 3 nitrogen and oxygen atoms in total. The number of pyridine rings is 1. The number of unbranched alkanes of at least 4 members (excludes halogenated alkanes) is 1.